The van der Waals surface area contributed by atoms with Crippen LogP contribution in [0.25, 0.3) is 0 Å². The van der Waals surface area contributed by atoms with Gasteiger partial charge in [0, 0.05) is 20.1 Å². The van der Waals surface area contributed by atoms with Crippen molar-refractivity contribution in [3.63, 3.8) is 0 Å². The maximum absolute atomic E-state index is 13.7. The summed E-state index contributed by atoms with van der Waals surface area (Å²) in [7, 11) is 3.08. The number of carbonyl (C=O) groups is 1. The van der Waals surface area contributed by atoms with Crippen LogP contribution in [0.4, 0.5) is 9.18 Å². The van der Waals surface area contributed by atoms with Crippen molar-refractivity contribution in [3.8, 4) is 11.5 Å². The number of hydrogen-bond donors (Lipinski definition) is 1. The second kappa shape index (κ2) is 9.65. The lowest BCUT2D eigenvalue weighted by Gasteiger charge is -2.18. The summed E-state index contributed by atoms with van der Waals surface area (Å²) in [5, 5.41) is 2.85. The lowest BCUT2D eigenvalue weighted by molar-refractivity contribution is 0.206. The minimum absolute atomic E-state index is 0.187. The quantitative estimate of drug-likeness (QED) is 0.775. The molecule has 0 spiro atoms. The molecule has 1 N–H and O–H groups in total. The predicted octanol–water partition coefficient (Wildman–Crippen LogP) is 3.96. The lowest BCUT2D eigenvalue weighted by atomic mass is 10.2. The van der Waals surface area contributed by atoms with E-state index >= 15 is 0 Å². The smallest absolute Gasteiger partial charge is 0.317 e. The van der Waals surface area contributed by atoms with E-state index in [1.807, 2.05) is 24.3 Å². The predicted molar refractivity (Wildman–Crippen MR) is 98.9 cm³/mol. The molecule has 0 aliphatic heterocycles. The first-order valence-corrected chi connectivity index (χ1v) is 8.56. The number of nitrogens with one attached hydrogen (secondary N) is 1. The standard InChI is InChI=1S/C20H25FN2O3/c1-4-11-26-17-8-5-15(6-9-17)13-22-20(24)23(2)14-16-7-10-19(25-3)18(21)12-16/h5-10,12H,4,11,13-14H2,1-3H3,(H,22,24). The van der Waals surface area contributed by atoms with Crippen LogP contribution in [-0.4, -0.2) is 31.7 Å². The van der Waals surface area contributed by atoms with Gasteiger partial charge in [-0.15, -0.1) is 0 Å². The monoisotopic (exact) mass is 360 g/mol. The van der Waals surface area contributed by atoms with E-state index in [9.17, 15) is 9.18 Å². The molecule has 0 unspecified atom stereocenters. The molecule has 0 radical (unpaired) electrons. The molecule has 6 heteroatoms. The van der Waals surface area contributed by atoms with Gasteiger partial charge in [0.2, 0.25) is 0 Å². The highest BCUT2D eigenvalue weighted by Gasteiger charge is 2.11. The molecule has 0 saturated carbocycles. The van der Waals surface area contributed by atoms with Crippen molar-refractivity contribution in [2.75, 3.05) is 20.8 Å². The molecule has 26 heavy (non-hydrogen) atoms. The van der Waals surface area contributed by atoms with Gasteiger partial charge in [-0.25, -0.2) is 9.18 Å². The molecule has 2 aromatic rings. The molecule has 0 aromatic heterocycles. The van der Waals surface area contributed by atoms with Gasteiger partial charge in [-0.2, -0.15) is 0 Å². The maximum Gasteiger partial charge on any atom is 0.317 e. The number of carbonyl (C=O) groups excluding carboxylic acids is 1. The van der Waals surface area contributed by atoms with Crippen LogP contribution in [0.2, 0.25) is 0 Å². The molecular formula is C20H25FN2O3. The number of amides is 2. The summed E-state index contributed by atoms with van der Waals surface area (Å²) in [6, 6.07) is 12.1. The maximum atomic E-state index is 13.7. The lowest BCUT2D eigenvalue weighted by Crippen LogP contribution is -2.36. The molecule has 0 fully saturated rings. The second-order valence-corrected chi connectivity index (χ2v) is 5.98. The van der Waals surface area contributed by atoms with E-state index in [4.69, 9.17) is 9.47 Å². The fourth-order valence-corrected chi connectivity index (χ4v) is 2.39. The van der Waals surface area contributed by atoms with Crippen molar-refractivity contribution in [1.29, 1.82) is 0 Å². The topological polar surface area (TPSA) is 50.8 Å². The summed E-state index contributed by atoms with van der Waals surface area (Å²) in [6.07, 6.45) is 0.961. The Hall–Kier alpha value is -2.76. The average Bonchev–Trinajstić information content (AvgIpc) is 2.65. The highest BCUT2D eigenvalue weighted by molar-refractivity contribution is 5.73. The van der Waals surface area contributed by atoms with E-state index in [1.165, 1.54) is 18.1 Å². The van der Waals surface area contributed by atoms with Crippen molar-refractivity contribution in [2.45, 2.75) is 26.4 Å². The number of urea groups is 1. The first-order chi connectivity index (χ1) is 12.5. The minimum Gasteiger partial charge on any atom is -0.494 e. The van der Waals surface area contributed by atoms with Gasteiger partial charge >= 0.3 is 6.03 Å². The molecule has 2 aromatic carbocycles. The van der Waals surface area contributed by atoms with Gasteiger partial charge in [-0.1, -0.05) is 25.1 Å². The molecule has 140 valence electrons. The second-order valence-electron chi connectivity index (χ2n) is 5.98. The molecule has 0 heterocycles. The van der Waals surface area contributed by atoms with Crippen LogP contribution in [0.5, 0.6) is 11.5 Å². The molecular weight excluding hydrogens is 335 g/mol. The largest absolute Gasteiger partial charge is 0.494 e. The van der Waals surface area contributed by atoms with Crippen molar-refractivity contribution < 1.29 is 18.7 Å². The average molecular weight is 360 g/mol. The highest BCUT2D eigenvalue weighted by Crippen LogP contribution is 2.18. The Balaban J connectivity index is 1.84. The molecule has 0 aliphatic rings. The number of benzene rings is 2. The van der Waals surface area contributed by atoms with E-state index in [1.54, 1.807) is 19.2 Å². The first kappa shape index (κ1) is 19.6. The van der Waals surface area contributed by atoms with Gasteiger partial charge in [-0.3, -0.25) is 0 Å². The number of methoxy groups -OCH3 is 1. The Morgan fingerprint density at radius 3 is 2.46 bits per heavy atom. The zero-order chi connectivity index (χ0) is 18.9. The van der Waals surface area contributed by atoms with Crippen molar-refractivity contribution in [2.24, 2.45) is 0 Å². The first-order valence-electron chi connectivity index (χ1n) is 8.56. The summed E-state index contributed by atoms with van der Waals surface area (Å²) in [6.45, 7) is 3.46. The highest BCUT2D eigenvalue weighted by atomic mass is 19.1. The van der Waals surface area contributed by atoms with Gasteiger partial charge in [0.25, 0.3) is 0 Å². The van der Waals surface area contributed by atoms with E-state index in [-0.39, 0.29) is 11.8 Å². The minimum atomic E-state index is -0.441. The van der Waals surface area contributed by atoms with Crippen LogP contribution in [-0.2, 0) is 13.1 Å². The SMILES string of the molecule is CCCOc1ccc(CNC(=O)N(C)Cc2ccc(OC)c(F)c2)cc1. The molecule has 0 atom stereocenters. The van der Waals surface area contributed by atoms with Crippen molar-refractivity contribution in [1.82, 2.24) is 10.2 Å². The third-order valence-electron chi connectivity index (χ3n) is 3.82. The van der Waals surface area contributed by atoms with Gasteiger partial charge in [-0.05, 0) is 41.8 Å². The van der Waals surface area contributed by atoms with E-state index in [2.05, 4.69) is 12.2 Å². The number of ether oxygens (including phenoxy) is 2. The third kappa shape index (κ3) is 5.65. The molecule has 0 aliphatic carbocycles. The Labute approximate surface area is 153 Å². The fourth-order valence-electron chi connectivity index (χ4n) is 2.39. The molecule has 2 rings (SSSR count). The molecule has 0 saturated heterocycles. The molecule has 2 amide bonds. The Kier molecular flexibility index (Phi) is 7.26. The molecule has 5 nitrogen and oxygen atoms in total. The van der Waals surface area contributed by atoms with E-state index in [0.717, 1.165) is 17.7 Å². The fraction of sp³-hybridized carbons (Fsp3) is 0.350. The van der Waals surface area contributed by atoms with Gasteiger partial charge < -0.3 is 19.7 Å². The van der Waals surface area contributed by atoms with Crippen LogP contribution in [0.1, 0.15) is 24.5 Å². The Morgan fingerprint density at radius 2 is 1.85 bits per heavy atom. The zero-order valence-corrected chi connectivity index (χ0v) is 15.4. The summed E-state index contributed by atoms with van der Waals surface area (Å²) in [4.78, 5) is 13.7. The van der Waals surface area contributed by atoms with Gasteiger partial charge in [0.15, 0.2) is 11.6 Å². The summed E-state index contributed by atoms with van der Waals surface area (Å²) in [5.74, 6) is 0.567. The van der Waals surface area contributed by atoms with Gasteiger partial charge in [0.1, 0.15) is 5.75 Å². The van der Waals surface area contributed by atoms with E-state index < -0.39 is 5.82 Å². The van der Waals surface area contributed by atoms with Crippen molar-refractivity contribution >= 4 is 6.03 Å². The van der Waals surface area contributed by atoms with Crippen LogP contribution in [0, 0.1) is 5.82 Å². The number of halogens is 1. The van der Waals surface area contributed by atoms with Crippen LogP contribution < -0.4 is 14.8 Å². The normalized spacial score (nSPS) is 10.3. The van der Waals surface area contributed by atoms with Gasteiger partial charge in [0.05, 0.1) is 13.7 Å². The van der Waals surface area contributed by atoms with E-state index in [0.29, 0.717) is 25.3 Å². The Bertz CT molecular complexity index is 719. The van der Waals surface area contributed by atoms with Crippen molar-refractivity contribution in [3.05, 3.63) is 59.4 Å². The Morgan fingerprint density at radius 1 is 1.15 bits per heavy atom. The zero-order valence-electron chi connectivity index (χ0n) is 15.4. The number of nitrogens with zero attached hydrogens (tertiary/aromatic N) is 1. The number of rotatable bonds is 8. The summed E-state index contributed by atoms with van der Waals surface area (Å²) < 4.78 is 24.2. The number of hydrogen-bond acceptors (Lipinski definition) is 3. The third-order valence-corrected chi connectivity index (χ3v) is 3.82. The molecule has 0 bridgehead atoms. The van der Waals surface area contributed by atoms with Crippen LogP contribution in [0.15, 0.2) is 42.5 Å². The summed E-state index contributed by atoms with van der Waals surface area (Å²) >= 11 is 0. The van der Waals surface area contributed by atoms with Crippen LogP contribution >= 0.6 is 0 Å². The summed E-state index contributed by atoms with van der Waals surface area (Å²) in [5.41, 5.74) is 1.67. The van der Waals surface area contributed by atoms with Crippen LogP contribution in [0.3, 0.4) is 0 Å².